The molecule has 0 unspecified atom stereocenters. The Hall–Kier alpha value is -2.58. The van der Waals surface area contributed by atoms with Gasteiger partial charge >= 0.3 is 6.18 Å². The Labute approximate surface area is 142 Å². The maximum Gasteiger partial charge on any atom is 0.435 e. The van der Waals surface area contributed by atoms with E-state index in [9.17, 15) is 13.2 Å². The Morgan fingerprint density at radius 1 is 1.24 bits per heavy atom. The zero-order chi connectivity index (χ0) is 18.0. The lowest BCUT2D eigenvalue weighted by Crippen LogP contribution is -2.11. The van der Waals surface area contributed by atoms with Crippen molar-refractivity contribution in [3.05, 3.63) is 29.7 Å². The second-order valence-electron chi connectivity index (χ2n) is 5.61. The summed E-state index contributed by atoms with van der Waals surface area (Å²) in [4.78, 5) is 8.06. The van der Waals surface area contributed by atoms with Crippen molar-refractivity contribution in [1.29, 1.82) is 0 Å². The van der Waals surface area contributed by atoms with Crippen molar-refractivity contribution < 1.29 is 17.9 Å². The predicted octanol–water partition coefficient (Wildman–Crippen LogP) is 3.62. The van der Waals surface area contributed by atoms with Crippen molar-refractivity contribution in [2.75, 3.05) is 12.3 Å². The molecule has 25 heavy (non-hydrogen) atoms. The molecule has 6 nitrogen and oxygen atoms in total. The van der Waals surface area contributed by atoms with Crippen molar-refractivity contribution in [3.63, 3.8) is 0 Å². The predicted molar refractivity (Wildman–Crippen MR) is 86.2 cm³/mol. The second kappa shape index (κ2) is 6.73. The van der Waals surface area contributed by atoms with Gasteiger partial charge in [-0.2, -0.15) is 23.0 Å². The number of hydrogen-bond acceptors (Lipinski definition) is 5. The fourth-order valence-electron chi connectivity index (χ4n) is 2.87. The van der Waals surface area contributed by atoms with E-state index in [-0.39, 0.29) is 29.7 Å². The molecule has 9 heteroatoms. The molecule has 2 heterocycles. The normalized spacial score (nSPS) is 15.1. The van der Waals surface area contributed by atoms with Crippen LogP contribution in [-0.4, -0.2) is 26.4 Å². The number of alkyl halides is 3. The van der Waals surface area contributed by atoms with E-state index in [1.54, 1.807) is 13.0 Å². The van der Waals surface area contributed by atoms with Gasteiger partial charge in [-0.25, -0.2) is 9.97 Å². The third kappa shape index (κ3) is 3.31. The maximum absolute atomic E-state index is 13.5. The molecular formula is C16H18F3N5O. The molecule has 0 bridgehead atoms. The highest BCUT2D eigenvalue weighted by atomic mass is 19.4. The summed E-state index contributed by atoms with van der Waals surface area (Å²) in [6.07, 6.45) is 2.97. The molecule has 0 saturated carbocycles. The van der Waals surface area contributed by atoms with Gasteiger partial charge in [-0.05, 0) is 38.2 Å². The minimum absolute atomic E-state index is 0.0370. The lowest BCUT2D eigenvalue weighted by Gasteiger charge is -2.14. The molecule has 2 aromatic rings. The molecule has 0 saturated heterocycles. The Kier molecular flexibility index (Phi) is 4.65. The van der Waals surface area contributed by atoms with Crippen LogP contribution in [0, 0.1) is 0 Å². The molecular weight excluding hydrogens is 335 g/mol. The van der Waals surface area contributed by atoms with Crippen LogP contribution >= 0.6 is 0 Å². The number of halogens is 3. The van der Waals surface area contributed by atoms with Gasteiger partial charge in [-0.1, -0.05) is 6.08 Å². The van der Waals surface area contributed by atoms with Gasteiger partial charge in [0.25, 0.3) is 5.88 Å². The van der Waals surface area contributed by atoms with Crippen molar-refractivity contribution in [1.82, 2.24) is 19.7 Å². The monoisotopic (exact) mass is 353 g/mol. The molecule has 0 radical (unpaired) electrons. The van der Waals surface area contributed by atoms with E-state index < -0.39 is 11.9 Å². The number of ether oxygens (including phenoxy) is 1. The Balaban J connectivity index is 2.20. The van der Waals surface area contributed by atoms with Crippen LogP contribution in [0.25, 0.3) is 11.4 Å². The number of hydrogen-bond donors (Lipinski definition) is 1. The van der Waals surface area contributed by atoms with Gasteiger partial charge in [0.2, 0.25) is 5.82 Å². The molecule has 0 fully saturated rings. The van der Waals surface area contributed by atoms with Gasteiger partial charge in [0, 0.05) is 12.4 Å². The molecule has 0 aromatic carbocycles. The molecule has 0 aliphatic heterocycles. The lowest BCUT2D eigenvalue weighted by molar-refractivity contribution is -0.141. The van der Waals surface area contributed by atoms with Crippen LogP contribution in [0.5, 0.6) is 5.88 Å². The average molecular weight is 353 g/mol. The van der Waals surface area contributed by atoms with E-state index in [1.165, 1.54) is 12.4 Å². The van der Waals surface area contributed by atoms with Crippen molar-refractivity contribution in [2.45, 2.75) is 38.8 Å². The first kappa shape index (κ1) is 17.2. The standard InChI is InChI=1S/C16H18F3N5O/c1-2-25-15-14(21-8-9-22-15)24-13(20)11(10-6-4-3-5-7-10)12(23-24)16(17,18)19/h6,8-9H,2-5,7,20H2,1H3. The highest BCUT2D eigenvalue weighted by Gasteiger charge is 2.40. The summed E-state index contributed by atoms with van der Waals surface area (Å²) >= 11 is 0. The van der Waals surface area contributed by atoms with Gasteiger partial charge in [0.15, 0.2) is 5.69 Å². The Morgan fingerprint density at radius 3 is 2.64 bits per heavy atom. The van der Waals surface area contributed by atoms with Crippen LogP contribution in [0.4, 0.5) is 19.0 Å². The largest absolute Gasteiger partial charge is 0.475 e. The van der Waals surface area contributed by atoms with Crippen LogP contribution in [0.1, 0.15) is 43.9 Å². The molecule has 1 aliphatic carbocycles. The first-order valence-corrected chi connectivity index (χ1v) is 8.02. The average Bonchev–Trinajstić information content (AvgIpc) is 2.94. The first-order chi connectivity index (χ1) is 11.9. The first-order valence-electron chi connectivity index (χ1n) is 8.02. The Bertz CT molecular complexity index is 798. The number of rotatable bonds is 4. The number of nitrogens with two attached hydrogens (primary N) is 1. The molecule has 3 rings (SSSR count). The van der Waals surface area contributed by atoms with Crippen LogP contribution in [0.2, 0.25) is 0 Å². The van der Waals surface area contributed by atoms with E-state index in [0.29, 0.717) is 12.0 Å². The second-order valence-corrected chi connectivity index (χ2v) is 5.61. The number of nitrogens with zero attached hydrogens (tertiary/aromatic N) is 4. The van der Waals surface area contributed by atoms with Gasteiger partial charge in [-0.3, -0.25) is 0 Å². The molecule has 0 spiro atoms. The molecule has 2 aromatic heterocycles. The number of aromatic nitrogens is 4. The van der Waals surface area contributed by atoms with Crippen LogP contribution < -0.4 is 10.5 Å². The molecule has 2 N–H and O–H groups in total. The maximum atomic E-state index is 13.5. The third-order valence-electron chi connectivity index (χ3n) is 3.93. The highest BCUT2D eigenvalue weighted by Crippen LogP contribution is 2.41. The summed E-state index contributed by atoms with van der Waals surface area (Å²) in [5.41, 5.74) is 5.56. The van der Waals surface area contributed by atoms with E-state index in [2.05, 4.69) is 15.1 Å². The summed E-state index contributed by atoms with van der Waals surface area (Å²) in [7, 11) is 0. The summed E-state index contributed by atoms with van der Waals surface area (Å²) in [5, 5.41) is 3.71. The van der Waals surface area contributed by atoms with E-state index in [1.807, 2.05) is 0 Å². The molecule has 0 amide bonds. The Morgan fingerprint density at radius 2 is 2.00 bits per heavy atom. The third-order valence-corrected chi connectivity index (χ3v) is 3.93. The topological polar surface area (TPSA) is 78.9 Å². The minimum atomic E-state index is -4.62. The van der Waals surface area contributed by atoms with E-state index in [4.69, 9.17) is 10.5 Å². The number of anilines is 1. The minimum Gasteiger partial charge on any atom is -0.475 e. The van der Waals surface area contributed by atoms with E-state index >= 15 is 0 Å². The summed E-state index contributed by atoms with van der Waals surface area (Å²) in [6, 6.07) is 0. The van der Waals surface area contributed by atoms with Gasteiger partial charge in [0.1, 0.15) is 5.82 Å². The van der Waals surface area contributed by atoms with Crippen molar-refractivity contribution in [2.24, 2.45) is 0 Å². The lowest BCUT2D eigenvalue weighted by atomic mass is 9.93. The van der Waals surface area contributed by atoms with E-state index in [0.717, 1.165) is 23.9 Å². The molecule has 134 valence electrons. The fraction of sp³-hybridized carbons (Fsp3) is 0.438. The number of nitrogen functional groups attached to an aromatic ring is 1. The zero-order valence-electron chi connectivity index (χ0n) is 13.7. The highest BCUT2D eigenvalue weighted by molar-refractivity contribution is 5.77. The SMILES string of the molecule is CCOc1nccnc1-n1nc(C(F)(F)F)c(C2=CCCCC2)c1N. The number of allylic oxidation sites excluding steroid dienone is 2. The van der Waals surface area contributed by atoms with Gasteiger partial charge < -0.3 is 10.5 Å². The van der Waals surface area contributed by atoms with Crippen LogP contribution in [0.15, 0.2) is 18.5 Å². The summed E-state index contributed by atoms with van der Waals surface area (Å²) in [6.45, 7) is 2.03. The summed E-state index contributed by atoms with van der Waals surface area (Å²) in [5.74, 6) is 0.00837. The van der Waals surface area contributed by atoms with Crippen LogP contribution in [-0.2, 0) is 6.18 Å². The molecule has 0 atom stereocenters. The smallest absolute Gasteiger partial charge is 0.435 e. The van der Waals surface area contributed by atoms with Crippen molar-refractivity contribution in [3.8, 4) is 11.7 Å². The summed E-state index contributed by atoms with van der Waals surface area (Å²) < 4.78 is 46.9. The zero-order valence-corrected chi connectivity index (χ0v) is 13.7. The molecule has 1 aliphatic rings. The fourth-order valence-corrected chi connectivity index (χ4v) is 2.87. The van der Waals surface area contributed by atoms with Crippen molar-refractivity contribution >= 4 is 11.4 Å². The van der Waals surface area contributed by atoms with Gasteiger partial charge in [-0.15, -0.1) is 0 Å². The van der Waals surface area contributed by atoms with Crippen LogP contribution in [0.3, 0.4) is 0 Å². The quantitative estimate of drug-likeness (QED) is 0.908. The van der Waals surface area contributed by atoms with Gasteiger partial charge in [0.05, 0.1) is 12.2 Å².